The van der Waals surface area contributed by atoms with E-state index in [0.717, 1.165) is 31.4 Å². The highest BCUT2D eigenvalue weighted by Gasteiger charge is 2.25. The summed E-state index contributed by atoms with van der Waals surface area (Å²) in [5.41, 5.74) is 1.31. The topological polar surface area (TPSA) is 57.7 Å². The summed E-state index contributed by atoms with van der Waals surface area (Å²) in [7, 11) is -3.50. The molecule has 1 aliphatic heterocycles. The van der Waals surface area contributed by atoms with Crippen LogP contribution in [-0.4, -0.2) is 38.3 Å². The van der Waals surface area contributed by atoms with Crippen molar-refractivity contribution in [3.05, 3.63) is 60.2 Å². The molecule has 0 saturated carbocycles. The van der Waals surface area contributed by atoms with Gasteiger partial charge in [-0.3, -0.25) is 4.79 Å². The molecule has 5 nitrogen and oxygen atoms in total. The van der Waals surface area contributed by atoms with E-state index in [1.165, 1.54) is 0 Å². The number of nitrogens with zero attached hydrogens (tertiary/aromatic N) is 2. The van der Waals surface area contributed by atoms with Crippen LogP contribution in [0.4, 0.5) is 5.69 Å². The standard InChI is InChI=1S/C21H26N2O3S/c1-2-23(19-10-6-5-7-11-19)21(24)18-12-14-20(15-13-18)27(25,26)22-16-8-3-4-9-17-22/h5-7,10-15H,2-4,8-9,16-17H2,1H3. The van der Waals surface area contributed by atoms with Crippen LogP contribution in [0.1, 0.15) is 43.0 Å². The Morgan fingerprint density at radius 2 is 1.52 bits per heavy atom. The first-order chi connectivity index (χ1) is 13.0. The minimum Gasteiger partial charge on any atom is -0.309 e. The van der Waals surface area contributed by atoms with Gasteiger partial charge in [0.1, 0.15) is 0 Å². The number of sulfonamides is 1. The number of anilines is 1. The highest BCUT2D eigenvalue weighted by atomic mass is 32.2. The van der Waals surface area contributed by atoms with Gasteiger partial charge in [-0.1, -0.05) is 31.0 Å². The minimum absolute atomic E-state index is 0.137. The highest BCUT2D eigenvalue weighted by molar-refractivity contribution is 7.89. The molecule has 0 N–H and O–H groups in total. The monoisotopic (exact) mass is 386 g/mol. The van der Waals surface area contributed by atoms with E-state index in [2.05, 4.69) is 0 Å². The van der Waals surface area contributed by atoms with Gasteiger partial charge in [-0.2, -0.15) is 4.31 Å². The molecule has 0 bridgehead atoms. The van der Waals surface area contributed by atoms with Crippen LogP contribution in [0.25, 0.3) is 0 Å². The van der Waals surface area contributed by atoms with Crippen LogP contribution in [0.3, 0.4) is 0 Å². The molecule has 1 fully saturated rings. The van der Waals surface area contributed by atoms with Gasteiger partial charge in [-0.05, 0) is 56.2 Å². The Hall–Kier alpha value is -2.18. The van der Waals surface area contributed by atoms with E-state index < -0.39 is 10.0 Å². The number of benzene rings is 2. The van der Waals surface area contributed by atoms with E-state index in [1.54, 1.807) is 33.5 Å². The summed E-state index contributed by atoms with van der Waals surface area (Å²) in [6.07, 6.45) is 3.95. The normalized spacial score (nSPS) is 15.9. The van der Waals surface area contributed by atoms with Crippen LogP contribution in [0.5, 0.6) is 0 Å². The Morgan fingerprint density at radius 1 is 0.926 bits per heavy atom. The molecule has 2 aromatic carbocycles. The minimum atomic E-state index is -3.50. The number of amides is 1. The van der Waals surface area contributed by atoms with Gasteiger partial charge in [0.2, 0.25) is 10.0 Å². The zero-order valence-electron chi connectivity index (χ0n) is 15.7. The maximum absolute atomic E-state index is 12.9. The van der Waals surface area contributed by atoms with Gasteiger partial charge in [0.05, 0.1) is 4.90 Å². The maximum Gasteiger partial charge on any atom is 0.258 e. The molecule has 0 unspecified atom stereocenters. The van der Waals surface area contributed by atoms with Crippen LogP contribution in [0, 0.1) is 0 Å². The van der Waals surface area contributed by atoms with Gasteiger partial charge in [0.15, 0.2) is 0 Å². The van der Waals surface area contributed by atoms with Crippen LogP contribution >= 0.6 is 0 Å². The van der Waals surface area contributed by atoms with Crippen molar-refractivity contribution in [2.45, 2.75) is 37.5 Å². The van der Waals surface area contributed by atoms with E-state index in [4.69, 9.17) is 0 Å². The highest BCUT2D eigenvalue weighted by Crippen LogP contribution is 2.22. The van der Waals surface area contributed by atoms with E-state index >= 15 is 0 Å². The van der Waals surface area contributed by atoms with Gasteiger partial charge < -0.3 is 4.90 Å². The summed E-state index contributed by atoms with van der Waals surface area (Å²) >= 11 is 0. The summed E-state index contributed by atoms with van der Waals surface area (Å²) in [6, 6.07) is 15.8. The number of carbonyl (C=O) groups excluding carboxylic acids is 1. The quantitative estimate of drug-likeness (QED) is 0.783. The third-order valence-corrected chi connectivity index (χ3v) is 6.85. The van der Waals surface area contributed by atoms with Gasteiger partial charge in [-0.25, -0.2) is 8.42 Å². The van der Waals surface area contributed by atoms with Crippen LogP contribution in [-0.2, 0) is 10.0 Å². The molecule has 6 heteroatoms. The Labute approximate surface area is 161 Å². The first kappa shape index (κ1) is 19.6. The molecular weight excluding hydrogens is 360 g/mol. The predicted molar refractivity (Wildman–Crippen MR) is 107 cm³/mol. The molecule has 2 aromatic rings. The number of rotatable bonds is 5. The molecule has 3 rings (SSSR count). The molecule has 0 spiro atoms. The largest absolute Gasteiger partial charge is 0.309 e. The number of hydrogen-bond acceptors (Lipinski definition) is 3. The summed E-state index contributed by atoms with van der Waals surface area (Å²) in [5, 5.41) is 0. The molecule has 144 valence electrons. The third kappa shape index (κ3) is 4.39. The van der Waals surface area contributed by atoms with Crippen molar-refractivity contribution in [3.8, 4) is 0 Å². The second-order valence-electron chi connectivity index (χ2n) is 6.73. The van der Waals surface area contributed by atoms with Crippen molar-refractivity contribution in [3.63, 3.8) is 0 Å². The molecule has 27 heavy (non-hydrogen) atoms. The van der Waals surface area contributed by atoms with Crippen molar-refractivity contribution >= 4 is 21.6 Å². The van der Waals surface area contributed by atoms with Crippen molar-refractivity contribution < 1.29 is 13.2 Å². The van der Waals surface area contributed by atoms with Crippen LogP contribution in [0.2, 0.25) is 0 Å². The van der Waals surface area contributed by atoms with Crippen molar-refractivity contribution in [1.29, 1.82) is 0 Å². The molecule has 0 aromatic heterocycles. The lowest BCUT2D eigenvalue weighted by Gasteiger charge is -2.22. The SMILES string of the molecule is CCN(C(=O)c1ccc(S(=O)(=O)N2CCCCCC2)cc1)c1ccccc1. The molecule has 1 aliphatic rings. The zero-order valence-corrected chi connectivity index (χ0v) is 16.5. The summed E-state index contributed by atoms with van der Waals surface area (Å²) in [5.74, 6) is -0.137. The first-order valence-electron chi connectivity index (χ1n) is 9.51. The van der Waals surface area contributed by atoms with Crippen LogP contribution < -0.4 is 4.90 Å². The van der Waals surface area contributed by atoms with Gasteiger partial charge in [0, 0.05) is 30.9 Å². The average molecular weight is 387 g/mol. The van der Waals surface area contributed by atoms with Gasteiger partial charge in [0.25, 0.3) is 5.91 Å². The zero-order chi connectivity index (χ0) is 19.3. The molecule has 0 aliphatic carbocycles. The predicted octanol–water partition coefficient (Wildman–Crippen LogP) is 3.92. The molecule has 1 heterocycles. The summed E-state index contributed by atoms with van der Waals surface area (Å²) in [6.45, 7) is 3.60. The van der Waals surface area contributed by atoms with Crippen molar-refractivity contribution in [2.75, 3.05) is 24.5 Å². The van der Waals surface area contributed by atoms with E-state index in [0.29, 0.717) is 25.2 Å². The van der Waals surface area contributed by atoms with Crippen LogP contribution in [0.15, 0.2) is 59.5 Å². The van der Waals surface area contributed by atoms with E-state index in [9.17, 15) is 13.2 Å². The van der Waals surface area contributed by atoms with E-state index in [1.807, 2.05) is 37.3 Å². The molecule has 1 amide bonds. The lowest BCUT2D eigenvalue weighted by Crippen LogP contribution is -2.32. The molecular formula is C21H26N2O3S. The fraction of sp³-hybridized carbons (Fsp3) is 0.381. The molecule has 0 atom stereocenters. The molecule has 1 saturated heterocycles. The number of hydrogen-bond donors (Lipinski definition) is 0. The Balaban J connectivity index is 1.81. The summed E-state index contributed by atoms with van der Waals surface area (Å²) in [4.78, 5) is 14.8. The Morgan fingerprint density at radius 3 is 2.07 bits per heavy atom. The van der Waals surface area contributed by atoms with Crippen molar-refractivity contribution in [1.82, 2.24) is 4.31 Å². The lowest BCUT2D eigenvalue weighted by atomic mass is 10.2. The third-order valence-electron chi connectivity index (χ3n) is 4.93. The van der Waals surface area contributed by atoms with E-state index in [-0.39, 0.29) is 10.8 Å². The number of para-hydroxylation sites is 1. The maximum atomic E-state index is 12.9. The fourth-order valence-electron chi connectivity index (χ4n) is 3.41. The lowest BCUT2D eigenvalue weighted by molar-refractivity contribution is 0.0988. The average Bonchev–Trinajstić information content (AvgIpc) is 2.99. The first-order valence-corrected chi connectivity index (χ1v) is 10.9. The Bertz CT molecular complexity index is 856. The second-order valence-corrected chi connectivity index (χ2v) is 8.67. The van der Waals surface area contributed by atoms with Gasteiger partial charge >= 0.3 is 0 Å². The second kappa shape index (κ2) is 8.67. The number of carbonyl (C=O) groups is 1. The Kier molecular flexibility index (Phi) is 6.29. The smallest absolute Gasteiger partial charge is 0.258 e. The molecule has 0 radical (unpaired) electrons. The van der Waals surface area contributed by atoms with Gasteiger partial charge in [-0.15, -0.1) is 0 Å². The van der Waals surface area contributed by atoms with Crippen molar-refractivity contribution in [2.24, 2.45) is 0 Å². The summed E-state index contributed by atoms with van der Waals surface area (Å²) < 4.78 is 27.3. The fourth-order valence-corrected chi connectivity index (χ4v) is 4.92.